The van der Waals surface area contributed by atoms with Crippen LogP contribution in [0.25, 0.3) is 6.08 Å². The zero-order valence-electron chi connectivity index (χ0n) is 25.4. The molecule has 0 spiro atoms. The first kappa shape index (κ1) is 32.1. The minimum atomic E-state index is -0.965. The molecule has 0 amide bonds. The number of carboxylic acids is 1. The number of benzene rings is 3. The second-order valence-electron chi connectivity index (χ2n) is 11.0. The van der Waals surface area contributed by atoms with E-state index in [1.165, 1.54) is 49.4 Å². The van der Waals surface area contributed by atoms with Crippen LogP contribution in [0.4, 0.5) is 0 Å². The molecule has 228 valence electrons. The molecule has 0 radical (unpaired) electrons. The molecule has 3 aromatic rings. The van der Waals surface area contributed by atoms with E-state index in [1.54, 1.807) is 13.2 Å². The first-order chi connectivity index (χ1) is 21.1. The lowest BCUT2D eigenvalue weighted by molar-refractivity contribution is -0.131. The van der Waals surface area contributed by atoms with Crippen LogP contribution in [0, 0.1) is 0 Å². The Balaban J connectivity index is 1.08. The lowest BCUT2D eigenvalue weighted by Gasteiger charge is -2.39. The predicted molar refractivity (Wildman–Crippen MR) is 175 cm³/mol. The van der Waals surface area contributed by atoms with Gasteiger partial charge in [-0.15, -0.1) is 0 Å². The van der Waals surface area contributed by atoms with E-state index < -0.39 is 5.97 Å². The smallest absolute Gasteiger partial charge is 0.328 e. The van der Waals surface area contributed by atoms with Gasteiger partial charge >= 0.3 is 5.97 Å². The predicted octanol–water partition coefficient (Wildman–Crippen LogP) is 7.48. The van der Waals surface area contributed by atoms with Crippen molar-refractivity contribution in [1.29, 1.82) is 0 Å². The highest BCUT2D eigenvalue weighted by Crippen LogP contribution is 2.30. The summed E-state index contributed by atoms with van der Waals surface area (Å²) in [4.78, 5) is 15.8. The Bertz CT molecular complexity index is 1240. The number of piperazine rings is 1. The van der Waals surface area contributed by atoms with Gasteiger partial charge in [0.25, 0.3) is 0 Å². The number of methoxy groups -OCH3 is 1. The Morgan fingerprint density at radius 2 is 1.42 bits per heavy atom. The van der Waals surface area contributed by atoms with Gasteiger partial charge < -0.3 is 19.5 Å². The molecule has 6 heteroatoms. The number of carboxylic acid groups (broad SMARTS) is 1. The zero-order valence-corrected chi connectivity index (χ0v) is 25.4. The van der Waals surface area contributed by atoms with Gasteiger partial charge in [-0.05, 0) is 48.2 Å². The fourth-order valence-electron chi connectivity index (χ4n) is 5.67. The van der Waals surface area contributed by atoms with E-state index in [1.807, 2.05) is 24.3 Å². The van der Waals surface area contributed by atoms with Crippen molar-refractivity contribution >= 4 is 12.0 Å². The summed E-state index contributed by atoms with van der Waals surface area (Å²) in [7, 11) is 1.63. The molecule has 1 fully saturated rings. The summed E-state index contributed by atoms with van der Waals surface area (Å²) in [5, 5.41) is 8.67. The zero-order chi connectivity index (χ0) is 30.1. The number of rotatable bonds is 17. The second-order valence-corrected chi connectivity index (χ2v) is 11.0. The number of ether oxygens (including phenoxy) is 2. The summed E-state index contributed by atoms with van der Waals surface area (Å²) in [6.07, 6.45) is 13.4. The van der Waals surface area contributed by atoms with Gasteiger partial charge in [0.05, 0.1) is 19.8 Å². The molecule has 1 aliphatic rings. The van der Waals surface area contributed by atoms with E-state index in [0.29, 0.717) is 18.4 Å². The Hall–Kier alpha value is -3.87. The Morgan fingerprint density at radius 1 is 0.791 bits per heavy atom. The van der Waals surface area contributed by atoms with Gasteiger partial charge in [-0.3, -0.25) is 4.90 Å². The summed E-state index contributed by atoms with van der Waals surface area (Å²) in [6, 6.07) is 27.9. The quantitative estimate of drug-likeness (QED) is 0.101. The number of unbranched alkanes of at least 4 members (excludes halogenated alkanes) is 5. The maximum absolute atomic E-state index is 10.6. The van der Waals surface area contributed by atoms with Gasteiger partial charge in [-0.25, -0.2) is 4.79 Å². The van der Waals surface area contributed by atoms with E-state index in [9.17, 15) is 4.79 Å². The lowest BCUT2D eigenvalue weighted by atomic mass is 9.96. The fourth-order valence-corrected chi connectivity index (χ4v) is 5.67. The van der Waals surface area contributed by atoms with Crippen LogP contribution in [0.1, 0.15) is 61.3 Å². The molecular weight excluding hydrogens is 536 g/mol. The molecule has 0 unspecified atom stereocenters. The monoisotopic (exact) mass is 582 g/mol. The van der Waals surface area contributed by atoms with Crippen LogP contribution in [0.5, 0.6) is 11.5 Å². The SMILES string of the molecule is COc1cc(C=CC=CC(=O)O)ccc1OCCCCCCCCN1CCN(C(c2ccccc2)c2ccccc2)CC1. The fraction of sp³-hybridized carbons (Fsp3) is 0.378. The van der Waals surface area contributed by atoms with Crippen molar-refractivity contribution in [3.05, 3.63) is 114 Å². The van der Waals surface area contributed by atoms with Crippen LogP contribution in [-0.2, 0) is 4.79 Å². The summed E-state index contributed by atoms with van der Waals surface area (Å²) in [6.45, 7) is 6.33. The van der Waals surface area contributed by atoms with E-state index in [-0.39, 0.29) is 0 Å². The molecule has 1 N–H and O–H groups in total. The van der Waals surface area contributed by atoms with Crippen LogP contribution in [0.15, 0.2) is 97.1 Å². The maximum Gasteiger partial charge on any atom is 0.328 e. The molecule has 6 nitrogen and oxygen atoms in total. The third-order valence-electron chi connectivity index (χ3n) is 7.96. The summed E-state index contributed by atoms with van der Waals surface area (Å²) < 4.78 is 11.5. The normalized spacial score (nSPS) is 14.6. The molecule has 1 saturated heterocycles. The third kappa shape index (κ3) is 10.7. The number of hydrogen-bond acceptors (Lipinski definition) is 5. The number of aliphatic carboxylic acids is 1. The van der Waals surface area contributed by atoms with Crippen LogP contribution in [0.2, 0.25) is 0 Å². The van der Waals surface area contributed by atoms with E-state index in [4.69, 9.17) is 14.6 Å². The largest absolute Gasteiger partial charge is 0.493 e. The molecule has 0 aromatic heterocycles. The average molecular weight is 583 g/mol. The highest BCUT2D eigenvalue weighted by atomic mass is 16.5. The first-order valence-corrected chi connectivity index (χ1v) is 15.6. The van der Waals surface area contributed by atoms with Crippen LogP contribution < -0.4 is 9.47 Å². The topological polar surface area (TPSA) is 62.2 Å². The minimum Gasteiger partial charge on any atom is -0.493 e. The molecule has 0 atom stereocenters. The molecule has 4 rings (SSSR count). The highest BCUT2D eigenvalue weighted by molar-refractivity contribution is 5.80. The second kappa shape index (κ2) is 17.9. The molecule has 1 aliphatic heterocycles. The van der Waals surface area contributed by atoms with Gasteiger partial charge in [-0.2, -0.15) is 0 Å². The lowest BCUT2D eigenvalue weighted by Crippen LogP contribution is -2.48. The summed E-state index contributed by atoms with van der Waals surface area (Å²) in [5.41, 5.74) is 3.67. The number of nitrogens with zero attached hydrogens (tertiary/aromatic N) is 2. The van der Waals surface area contributed by atoms with Gasteiger partial charge in [0.1, 0.15) is 0 Å². The number of allylic oxidation sites excluding steroid dienone is 2. The highest BCUT2D eigenvalue weighted by Gasteiger charge is 2.26. The Morgan fingerprint density at radius 3 is 2.05 bits per heavy atom. The molecule has 3 aromatic carbocycles. The summed E-state index contributed by atoms with van der Waals surface area (Å²) >= 11 is 0. The Kier molecular flexibility index (Phi) is 13.4. The standard InChI is InChI=1S/C37H46N2O4/c1-42-35-30-31(16-12-13-21-36(40)41)22-23-34(35)43-29-15-5-3-2-4-14-24-38-25-27-39(28-26-38)37(32-17-8-6-9-18-32)33-19-10-7-11-20-33/h6-13,16-23,30,37H,2-5,14-15,24-29H2,1H3,(H,40,41). The molecule has 1 heterocycles. The van der Waals surface area contributed by atoms with Crippen LogP contribution in [-0.4, -0.2) is 67.3 Å². The number of hydrogen-bond donors (Lipinski definition) is 1. The van der Waals surface area contributed by atoms with Crippen LogP contribution >= 0.6 is 0 Å². The maximum atomic E-state index is 10.6. The van der Waals surface area contributed by atoms with Crippen molar-refractivity contribution in [1.82, 2.24) is 9.80 Å². The third-order valence-corrected chi connectivity index (χ3v) is 7.96. The molecular formula is C37H46N2O4. The van der Waals surface area contributed by atoms with Crippen molar-refractivity contribution in [2.45, 2.75) is 44.6 Å². The van der Waals surface area contributed by atoms with Crippen LogP contribution in [0.3, 0.4) is 0 Å². The van der Waals surface area contributed by atoms with Crippen molar-refractivity contribution in [2.24, 2.45) is 0 Å². The number of carbonyl (C=O) groups is 1. The van der Waals surface area contributed by atoms with Gasteiger partial charge in [0.2, 0.25) is 0 Å². The summed E-state index contributed by atoms with van der Waals surface area (Å²) in [5.74, 6) is 0.452. The van der Waals surface area contributed by atoms with Gasteiger partial charge in [0, 0.05) is 32.3 Å². The van der Waals surface area contributed by atoms with E-state index in [2.05, 4.69) is 70.5 Å². The molecule has 0 aliphatic carbocycles. The van der Waals surface area contributed by atoms with Gasteiger partial charge in [0.15, 0.2) is 11.5 Å². The van der Waals surface area contributed by atoms with Gasteiger partial charge in [-0.1, -0.05) is 111 Å². The molecule has 0 bridgehead atoms. The van der Waals surface area contributed by atoms with Crippen molar-refractivity contribution in [2.75, 3.05) is 46.4 Å². The van der Waals surface area contributed by atoms with E-state index >= 15 is 0 Å². The van der Waals surface area contributed by atoms with E-state index in [0.717, 1.165) is 56.4 Å². The van der Waals surface area contributed by atoms with Crippen molar-refractivity contribution in [3.8, 4) is 11.5 Å². The van der Waals surface area contributed by atoms with Crippen molar-refractivity contribution in [3.63, 3.8) is 0 Å². The molecule has 43 heavy (non-hydrogen) atoms. The minimum absolute atomic E-state index is 0.325. The molecule has 0 saturated carbocycles. The Labute approximate surface area is 257 Å². The average Bonchev–Trinajstić information content (AvgIpc) is 3.04. The van der Waals surface area contributed by atoms with Crippen molar-refractivity contribution < 1.29 is 19.4 Å². The first-order valence-electron chi connectivity index (χ1n) is 15.6.